The van der Waals surface area contributed by atoms with Gasteiger partial charge in [-0.25, -0.2) is 0 Å². The van der Waals surface area contributed by atoms with Crippen molar-refractivity contribution in [3.05, 3.63) is 96.1 Å². The quantitative estimate of drug-likeness (QED) is 0.406. The standard InChI is InChI=1S/C31H38N4O3/c1-31(2,32)18-17-28(36)34(4)27(21-23-15-16-24-13-9-10-14-25(24)19-23)30(38)35(5)26(29(37)33-3)20-22-11-7-6-8-12-22/h6-19,26-27H,20-21,32H2,1-5H3,(H,33,37). The number of nitrogens with zero attached hydrogens (tertiary/aromatic N) is 2. The van der Waals surface area contributed by atoms with Gasteiger partial charge in [0, 0.05) is 45.6 Å². The number of rotatable bonds is 10. The van der Waals surface area contributed by atoms with E-state index in [1.807, 2.05) is 72.8 Å². The van der Waals surface area contributed by atoms with E-state index in [2.05, 4.69) is 5.32 Å². The molecule has 0 fully saturated rings. The highest BCUT2D eigenvalue weighted by atomic mass is 16.2. The third kappa shape index (κ3) is 7.52. The zero-order valence-corrected chi connectivity index (χ0v) is 22.8. The molecule has 0 aliphatic heterocycles. The van der Waals surface area contributed by atoms with Crippen molar-refractivity contribution in [2.75, 3.05) is 21.1 Å². The smallest absolute Gasteiger partial charge is 0.246 e. The Bertz CT molecular complexity index is 1300. The molecule has 7 heteroatoms. The number of likely N-dealkylation sites (N-methyl/N-ethyl adjacent to an activating group) is 3. The molecule has 0 spiro atoms. The van der Waals surface area contributed by atoms with E-state index in [0.717, 1.165) is 21.9 Å². The zero-order chi connectivity index (χ0) is 27.9. The predicted octanol–water partition coefficient (Wildman–Crippen LogP) is 3.32. The summed E-state index contributed by atoms with van der Waals surface area (Å²) in [7, 11) is 4.79. The second kappa shape index (κ2) is 12.5. The molecule has 3 aromatic carbocycles. The molecule has 0 saturated heterocycles. The van der Waals surface area contributed by atoms with Crippen LogP contribution in [0.4, 0.5) is 0 Å². The monoisotopic (exact) mass is 514 g/mol. The molecule has 0 aliphatic rings. The van der Waals surface area contributed by atoms with E-state index >= 15 is 0 Å². The van der Waals surface area contributed by atoms with Crippen molar-refractivity contribution in [2.24, 2.45) is 5.73 Å². The van der Waals surface area contributed by atoms with Crippen LogP contribution in [0, 0.1) is 0 Å². The first-order chi connectivity index (χ1) is 18.0. The van der Waals surface area contributed by atoms with Crippen molar-refractivity contribution in [3.63, 3.8) is 0 Å². The first kappa shape index (κ1) is 28.6. The van der Waals surface area contributed by atoms with Crippen LogP contribution in [0.15, 0.2) is 84.9 Å². The van der Waals surface area contributed by atoms with Gasteiger partial charge in [-0.15, -0.1) is 0 Å². The molecule has 2 unspecified atom stereocenters. The summed E-state index contributed by atoms with van der Waals surface area (Å²) in [4.78, 5) is 42.9. The lowest BCUT2D eigenvalue weighted by Gasteiger charge is -2.34. The van der Waals surface area contributed by atoms with Crippen molar-refractivity contribution in [1.29, 1.82) is 0 Å². The maximum absolute atomic E-state index is 14.0. The van der Waals surface area contributed by atoms with Gasteiger partial charge in [0.2, 0.25) is 17.7 Å². The number of nitrogens with one attached hydrogen (secondary N) is 1. The highest BCUT2D eigenvalue weighted by Gasteiger charge is 2.34. The summed E-state index contributed by atoms with van der Waals surface area (Å²) in [5, 5.41) is 4.83. The lowest BCUT2D eigenvalue weighted by Crippen LogP contribution is -2.55. The molecule has 0 aromatic heterocycles. The molecule has 3 aromatic rings. The van der Waals surface area contributed by atoms with Gasteiger partial charge in [0.15, 0.2) is 0 Å². The number of amides is 3. The first-order valence-corrected chi connectivity index (χ1v) is 12.7. The number of benzene rings is 3. The van der Waals surface area contributed by atoms with E-state index in [0.29, 0.717) is 12.8 Å². The second-order valence-corrected chi connectivity index (χ2v) is 10.3. The van der Waals surface area contributed by atoms with Crippen molar-refractivity contribution in [1.82, 2.24) is 15.1 Å². The molecule has 0 heterocycles. The lowest BCUT2D eigenvalue weighted by atomic mass is 9.98. The minimum absolute atomic E-state index is 0.270. The molecule has 0 radical (unpaired) electrons. The Balaban J connectivity index is 1.95. The van der Waals surface area contributed by atoms with Gasteiger partial charge in [0.25, 0.3) is 0 Å². The van der Waals surface area contributed by atoms with Crippen LogP contribution in [-0.4, -0.2) is 66.3 Å². The van der Waals surface area contributed by atoms with Gasteiger partial charge < -0.3 is 20.9 Å². The second-order valence-electron chi connectivity index (χ2n) is 10.3. The molecule has 0 saturated carbocycles. The minimum atomic E-state index is -0.831. The van der Waals surface area contributed by atoms with Crippen LogP contribution in [0.2, 0.25) is 0 Å². The van der Waals surface area contributed by atoms with Gasteiger partial charge in [0.05, 0.1) is 0 Å². The molecule has 0 aliphatic carbocycles. The van der Waals surface area contributed by atoms with Crippen LogP contribution in [0.5, 0.6) is 0 Å². The van der Waals surface area contributed by atoms with Gasteiger partial charge in [-0.3, -0.25) is 14.4 Å². The third-order valence-corrected chi connectivity index (χ3v) is 6.63. The number of hydrogen-bond acceptors (Lipinski definition) is 4. The fourth-order valence-electron chi connectivity index (χ4n) is 4.33. The Morgan fingerprint density at radius 3 is 2.08 bits per heavy atom. The summed E-state index contributed by atoms with van der Waals surface area (Å²) >= 11 is 0. The average Bonchev–Trinajstić information content (AvgIpc) is 2.91. The van der Waals surface area contributed by atoms with E-state index in [1.165, 1.54) is 15.9 Å². The van der Waals surface area contributed by atoms with Crippen molar-refractivity contribution >= 4 is 28.5 Å². The van der Waals surface area contributed by atoms with Crippen molar-refractivity contribution in [3.8, 4) is 0 Å². The lowest BCUT2D eigenvalue weighted by molar-refractivity contribution is -0.146. The van der Waals surface area contributed by atoms with E-state index in [1.54, 1.807) is 41.1 Å². The Labute approximate surface area is 225 Å². The SMILES string of the molecule is CNC(=O)C(Cc1ccccc1)N(C)C(=O)C(Cc1ccc2ccccc2c1)N(C)C(=O)C=CC(C)(C)N. The molecule has 0 bridgehead atoms. The average molecular weight is 515 g/mol. The molecule has 3 rings (SSSR count). The van der Waals surface area contributed by atoms with Crippen molar-refractivity contribution in [2.45, 2.75) is 44.3 Å². The van der Waals surface area contributed by atoms with Gasteiger partial charge in [-0.2, -0.15) is 0 Å². The minimum Gasteiger partial charge on any atom is -0.357 e. The summed E-state index contributed by atoms with van der Waals surface area (Å²) in [6, 6.07) is 22.0. The van der Waals surface area contributed by atoms with Crippen LogP contribution in [0.3, 0.4) is 0 Å². The summed E-state index contributed by atoms with van der Waals surface area (Å²) < 4.78 is 0. The normalized spacial score (nSPS) is 13.2. The zero-order valence-electron chi connectivity index (χ0n) is 22.8. The molecule has 3 N–H and O–H groups in total. The van der Waals surface area contributed by atoms with E-state index in [4.69, 9.17) is 5.73 Å². The van der Waals surface area contributed by atoms with Gasteiger partial charge >= 0.3 is 0 Å². The Hall–Kier alpha value is -3.97. The maximum atomic E-state index is 14.0. The van der Waals surface area contributed by atoms with Gasteiger partial charge in [0.1, 0.15) is 12.1 Å². The molecule has 38 heavy (non-hydrogen) atoms. The van der Waals surface area contributed by atoms with E-state index in [9.17, 15) is 14.4 Å². The maximum Gasteiger partial charge on any atom is 0.246 e. The molecule has 3 amide bonds. The molecular weight excluding hydrogens is 476 g/mol. The Morgan fingerprint density at radius 1 is 0.842 bits per heavy atom. The predicted molar refractivity (Wildman–Crippen MR) is 152 cm³/mol. The van der Waals surface area contributed by atoms with Crippen LogP contribution in [-0.2, 0) is 27.2 Å². The largest absolute Gasteiger partial charge is 0.357 e. The van der Waals surface area contributed by atoms with Gasteiger partial charge in [-0.1, -0.05) is 78.9 Å². The Kier molecular flexibility index (Phi) is 9.42. The van der Waals surface area contributed by atoms with Crippen molar-refractivity contribution < 1.29 is 14.4 Å². The summed E-state index contributed by atoms with van der Waals surface area (Å²) in [6.07, 6.45) is 3.67. The molecule has 7 nitrogen and oxygen atoms in total. The fraction of sp³-hybridized carbons (Fsp3) is 0.323. The number of fused-ring (bicyclic) bond motifs is 1. The highest BCUT2D eigenvalue weighted by Crippen LogP contribution is 2.20. The van der Waals surface area contributed by atoms with Gasteiger partial charge in [-0.05, 0) is 35.7 Å². The fourth-order valence-corrected chi connectivity index (χ4v) is 4.33. The van der Waals surface area contributed by atoms with E-state index in [-0.39, 0.29) is 17.7 Å². The van der Waals surface area contributed by atoms with Crippen LogP contribution in [0.25, 0.3) is 10.8 Å². The summed E-state index contributed by atoms with van der Waals surface area (Å²) in [5.41, 5.74) is 7.20. The topological polar surface area (TPSA) is 95.7 Å². The number of carbonyl (C=O) groups excluding carboxylic acids is 3. The van der Waals surface area contributed by atoms with Crippen LogP contribution >= 0.6 is 0 Å². The third-order valence-electron chi connectivity index (χ3n) is 6.63. The number of hydrogen-bond donors (Lipinski definition) is 2. The van der Waals surface area contributed by atoms with Crippen LogP contribution in [0.1, 0.15) is 25.0 Å². The van der Waals surface area contributed by atoms with E-state index < -0.39 is 17.6 Å². The molecule has 200 valence electrons. The number of nitrogens with two attached hydrogens (primary N) is 1. The number of carbonyl (C=O) groups is 3. The first-order valence-electron chi connectivity index (χ1n) is 12.7. The summed E-state index contributed by atoms with van der Waals surface area (Å²) in [6.45, 7) is 3.58. The summed E-state index contributed by atoms with van der Waals surface area (Å²) in [5.74, 6) is -0.928. The van der Waals surface area contributed by atoms with Crippen LogP contribution < -0.4 is 11.1 Å². The highest BCUT2D eigenvalue weighted by molar-refractivity contribution is 5.95. The Morgan fingerprint density at radius 2 is 1.45 bits per heavy atom. The molecule has 2 atom stereocenters. The molecular formula is C31H38N4O3.